The van der Waals surface area contributed by atoms with Crippen molar-refractivity contribution in [2.45, 2.75) is 0 Å². The van der Waals surface area contributed by atoms with Gasteiger partial charge in [-0.25, -0.2) is 0 Å². The molecule has 0 atom stereocenters. The molecule has 0 saturated carbocycles. The maximum atomic E-state index is 12.5. The molecule has 0 fully saturated rings. The summed E-state index contributed by atoms with van der Waals surface area (Å²) in [5, 5.41) is 9.42. The molecule has 0 aliphatic rings. The molecule has 7 heteroatoms. The van der Waals surface area contributed by atoms with Gasteiger partial charge in [-0.1, -0.05) is 12.6 Å². The van der Waals surface area contributed by atoms with Crippen LogP contribution in [0.1, 0.15) is 5.56 Å². The first-order valence-electron chi connectivity index (χ1n) is 7.75. The number of aromatic amines is 1. The van der Waals surface area contributed by atoms with E-state index in [4.69, 9.17) is 0 Å². The van der Waals surface area contributed by atoms with E-state index < -0.39 is 0 Å². The lowest BCUT2D eigenvalue weighted by atomic mass is 10.1. The molecule has 0 unspecified atom stereocenters. The first-order chi connectivity index (χ1) is 12.1. The minimum absolute atomic E-state index is 0.208. The van der Waals surface area contributed by atoms with Crippen molar-refractivity contribution in [3.63, 3.8) is 0 Å². The number of fused-ring (bicyclic) bond motifs is 2. The highest BCUT2D eigenvalue weighted by Gasteiger charge is 2.13. The third kappa shape index (κ3) is 2.28. The molecule has 0 bridgehead atoms. The van der Waals surface area contributed by atoms with Gasteiger partial charge in [-0.15, -0.1) is 0 Å². The molecule has 0 aliphatic carbocycles. The van der Waals surface area contributed by atoms with Crippen molar-refractivity contribution in [3.8, 4) is 11.3 Å². The Bertz CT molecular complexity index is 1210. The molecule has 25 heavy (non-hydrogen) atoms. The van der Waals surface area contributed by atoms with Crippen molar-refractivity contribution in [2.24, 2.45) is 12.0 Å². The summed E-state index contributed by atoms with van der Waals surface area (Å²) in [6.07, 6.45) is 5.06. The second kappa shape index (κ2) is 5.55. The van der Waals surface area contributed by atoms with E-state index in [9.17, 15) is 4.79 Å². The molecule has 0 saturated heterocycles. The van der Waals surface area contributed by atoms with E-state index in [2.05, 4.69) is 26.8 Å². The van der Waals surface area contributed by atoms with Gasteiger partial charge in [0.15, 0.2) is 0 Å². The fourth-order valence-electron chi connectivity index (χ4n) is 2.98. The lowest BCUT2D eigenvalue weighted by Gasteiger charge is -2.05. The second-order valence-electron chi connectivity index (χ2n) is 5.69. The summed E-state index contributed by atoms with van der Waals surface area (Å²) in [5.74, 6) is 0. The fourth-order valence-corrected chi connectivity index (χ4v) is 2.98. The molecule has 1 aromatic carbocycles. The Morgan fingerprint density at radius 1 is 1.28 bits per heavy atom. The minimum atomic E-state index is -0.208. The summed E-state index contributed by atoms with van der Waals surface area (Å²) in [5.41, 5.74) is 4.44. The molecule has 3 heterocycles. The third-order valence-electron chi connectivity index (χ3n) is 4.27. The van der Waals surface area contributed by atoms with Gasteiger partial charge in [-0.2, -0.15) is 14.7 Å². The summed E-state index contributed by atoms with van der Waals surface area (Å²) in [4.78, 5) is 19.9. The summed E-state index contributed by atoms with van der Waals surface area (Å²) in [6, 6.07) is 7.49. The number of hydrogen-bond donors (Lipinski definition) is 1. The summed E-state index contributed by atoms with van der Waals surface area (Å²) in [6.45, 7) is 3.77. The van der Waals surface area contributed by atoms with Gasteiger partial charge in [-0.3, -0.25) is 14.5 Å². The van der Waals surface area contributed by atoms with Crippen molar-refractivity contribution >= 4 is 22.3 Å². The zero-order valence-electron chi connectivity index (χ0n) is 13.9. The van der Waals surface area contributed by atoms with Crippen LogP contribution in [0.5, 0.6) is 0 Å². The minimum Gasteiger partial charge on any atom is -0.339 e. The SMILES string of the molecule is C=C/C(=N\C)c1cnn2c(=O)cc(-c3ccc4c(cnn4C)c3)[nH]c12. The average molecular weight is 332 g/mol. The van der Waals surface area contributed by atoms with E-state index in [-0.39, 0.29) is 5.56 Å². The number of H-pyrrole nitrogens is 1. The number of allylic oxidation sites excluding steroid dienone is 1. The third-order valence-corrected chi connectivity index (χ3v) is 4.27. The number of aromatic nitrogens is 5. The average Bonchev–Trinajstić information content (AvgIpc) is 3.21. The molecule has 0 amide bonds. The van der Waals surface area contributed by atoms with Crippen molar-refractivity contribution in [1.29, 1.82) is 0 Å². The first-order valence-corrected chi connectivity index (χ1v) is 7.75. The van der Waals surface area contributed by atoms with Gasteiger partial charge in [0.25, 0.3) is 5.56 Å². The maximum Gasteiger partial charge on any atom is 0.274 e. The van der Waals surface area contributed by atoms with Crippen molar-refractivity contribution in [3.05, 3.63) is 65.2 Å². The van der Waals surface area contributed by atoms with Crippen molar-refractivity contribution in [2.75, 3.05) is 7.05 Å². The van der Waals surface area contributed by atoms with Crippen LogP contribution in [-0.4, -0.2) is 37.1 Å². The van der Waals surface area contributed by atoms with Crippen LogP contribution in [0.15, 0.2) is 59.1 Å². The summed E-state index contributed by atoms with van der Waals surface area (Å²) >= 11 is 0. The van der Waals surface area contributed by atoms with Gasteiger partial charge in [0.05, 0.1) is 34.9 Å². The lowest BCUT2D eigenvalue weighted by molar-refractivity contribution is 0.797. The van der Waals surface area contributed by atoms with Crippen LogP contribution in [0.2, 0.25) is 0 Å². The standard InChI is InChI=1S/C18H16N6O/c1-4-14(19-2)13-10-21-24-17(25)8-15(22-18(13)24)11-5-6-16-12(7-11)9-20-23(16)3/h4-10,22H,1H2,2-3H3/b19-14+. The Balaban J connectivity index is 1.96. The molecule has 124 valence electrons. The number of aliphatic imine (C=N–C) groups is 1. The normalized spacial score (nSPS) is 12.2. The molecule has 4 aromatic rings. The van der Waals surface area contributed by atoms with Gasteiger partial charge in [0.1, 0.15) is 5.65 Å². The van der Waals surface area contributed by atoms with E-state index in [1.165, 1.54) is 10.6 Å². The Morgan fingerprint density at radius 2 is 2.12 bits per heavy atom. The fraction of sp³-hybridized carbons (Fsp3) is 0.111. The van der Waals surface area contributed by atoms with Crippen molar-refractivity contribution < 1.29 is 0 Å². The Hall–Kier alpha value is -3.48. The zero-order valence-corrected chi connectivity index (χ0v) is 13.9. The highest BCUT2D eigenvalue weighted by Crippen LogP contribution is 2.23. The number of benzene rings is 1. The first kappa shape index (κ1) is 15.1. The number of aryl methyl sites for hydroxylation is 1. The van der Waals surface area contributed by atoms with Crippen LogP contribution in [0.25, 0.3) is 27.8 Å². The van der Waals surface area contributed by atoms with E-state index in [1.54, 1.807) is 25.5 Å². The predicted molar refractivity (Wildman–Crippen MR) is 98.2 cm³/mol. The van der Waals surface area contributed by atoms with Crippen LogP contribution < -0.4 is 5.56 Å². The van der Waals surface area contributed by atoms with Crippen molar-refractivity contribution in [1.82, 2.24) is 24.4 Å². The molecular formula is C18H16N6O. The monoisotopic (exact) mass is 332 g/mol. The summed E-state index contributed by atoms with van der Waals surface area (Å²) in [7, 11) is 3.58. The number of rotatable bonds is 3. The van der Waals surface area contributed by atoms with E-state index in [0.29, 0.717) is 17.1 Å². The summed E-state index contributed by atoms with van der Waals surface area (Å²) < 4.78 is 3.14. The Kier molecular flexibility index (Phi) is 3.35. The molecule has 0 radical (unpaired) electrons. The largest absolute Gasteiger partial charge is 0.339 e. The van der Waals surface area contributed by atoms with Crippen LogP contribution in [0, 0.1) is 0 Å². The van der Waals surface area contributed by atoms with Gasteiger partial charge in [0.2, 0.25) is 0 Å². The van der Waals surface area contributed by atoms with Crippen LogP contribution in [0.3, 0.4) is 0 Å². The van der Waals surface area contributed by atoms with Gasteiger partial charge in [0, 0.05) is 25.5 Å². The number of nitrogens with zero attached hydrogens (tertiary/aromatic N) is 5. The highest BCUT2D eigenvalue weighted by molar-refractivity contribution is 6.12. The molecule has 0 spiro atoms. The topological polar surface area (TPSA) is 80.3 Å². The van der Waals surface area contributed by atoms with Crippen LogP contribution in [-0.2, 0) is 7.05 Å². The van der Waals surface area contributed by atoms with Crippen LogP contribution >= 0.6 is 0 Å². The smallest absolute Gasteiger partial charge is 0.274 e. The lowest BCUT2D eigenvalue weighted by Crippen LogP contribution is -2.15. The number of hydrogen-bond acceptors (Lipinski definition) is 4. The molecule has 3 aromatic heterocycles. The molecule has 7 nitrogen and oxygen atoms in total. The molecule has 4 rings (SSSR count). The Labute approximate surface area is 142 Å². The predicted octanol–water partition coefficient (Wildman–Crippen LogP) is 2.18. The van der Waals surface area contributed by atoms with Crippen LogP contribution in [0.4, 0.5) is 0 Å². The van der Waals surface area contributed by atoms with Gasteiger partial charge >= 0.3 is 0 Å². The second-order valence-corrected chi connectivity index (χ2v) is 5.69. The van der Waals surface area contributed by atoms with Gasteiger partial charge in [-0.05, 0) is 23.8 Å². The maximum absolute atomic E-state index is 12.5. The number of nitrogens with one attached hydrogen (secondary N) is 1. The van der Waals surface area contributed by atoms with Gasteiger partial charge < -0.3 is 4.98 Å². The van der Waals surface area contributed by atoms with E-state index in [0.717, 1.165) is 22.0 Å². The molecule has 0 aliphatic heterocycles. The quantitative estimate of drug-likeness (QED) is 0.584. The zero-order chi connectivity index (χ0) is 17.6. The van der Waals surface area contributed by atoms with E-state index >= 15 is 0 Å². The Morgan fingerprint density at radius 3 is 2.88 bits per heavy atom. The highest BCUT2D eigenvalue weighted by atomic mass is 16.1. The van der Waals surface area contributed by atoms with E-state index in [1.807, 2.05) is 29.9 Å². The molecule has 1 N–H and O–H groups in total. The molecular weight excluding hydrogens is 316 g/mol.